The van der Waals surface area contributed by atoms with Gasteiger partial charge in [0.1, 0.15) is 34.5 Å². The number of hydrogen-bond acceptors (Lipinski definition) is 23. The molecule has 2 aromatic carbocycles. The van der Waals surface area contributed by atoms with Crippen molar-refractivity contribution in [1.29, 1.82) is 0 Å². The van der Waals surface area contributed by atoms with Crippen molar-refractivity contribution in [2.24, 2.45) is 0 Å². The van der Waals surface area contributed by atoms with Crippen LogP contribution >= 0.6 is 7.82 Å². The van der Waals surface area contributed by atoms with Crippen LogP contribution in [0.2, 0.25) is 0 Å². The normalized spacial score (nSPS) is 12.2. The van der Waals surface area contributed by atoms with Gasteiger partial charge in [-0.15, -0.1) is 0 Å². The summed E-state index contributed by atoms with van der Waals surface area (Å²) in [4.78, 5) is 72.7. The van der Waals surface area contributed by atoms with E-state index in [1.807, 2.05) is 4.90 Å². The summed E-state index contributed by atoms with van der Waals surface area (Å²) in [5, 5.41) is 47.0. The Labute approximate surface area is 411 Å². The van der Waals surface area contributed by atoms with Crippen LogP contribution in [0.4, 0.5) is 0 Å². The summed E-state index contributed by atoms with van der Waals surface area (Å²) < 4.78 is 55.0. The summed E-state index contributed by atoms with van der Waals surface area (Å²) in [6.07, 6.45) is 2.13. The van der Waals surface area contributed by atoms with E-state index < -0.39 is 57.9 Å². The van der Waals surface area contributed by atoms with Gasteiger partial charge in [-0.3, -0.25) is 29.2 Å². The number of carbonyl (C=O) groups excluding carboxylic acids is 4. The van der Waals surface area contributed by atoms with Crippen LogP contribution in [0.15, 0.2) is 48.5 Å². The Morgan fingerprint density at radius 2 is 0.803 bits per heavy atom. The Hall–Kier alpha value is -6.59. The number of benzene rings is 2. The number of rotatable bonds is 33. The average molecular weight is 1010 g/mol. The lowest BCUT2D eigenvalue weighted by Crippen LogP contribution is -2.43. The van der Waals surface area contributed by atoms with Gasteiger partial charge < -0.3 is 82.0 Å². The maximum atomic E-state index is 11.8. The van der Waals surface area contributed by atoms with E-state index in [-0.39, 0.29) is 44.2 Å². The zero-order valence-corrected chi connectivity index (χ0v) is 41.4. The van der Waals surface area contributed by atoms with Gasteiger partial charge >= 0.3 is 0 Å². The monoisotopic (exact) mass is 1010 g/mol. The third-order valence-electron chi connectivity index (χ3n) is 10.7. The van der Waals surface area contributed by atoms with Gasteiger partial charge in [0.15, 0.2) is 0 Å². The smallest absolute Gasteiger partial charge is 0.267 e. The first-order valence-electron chi connectivity index (χ1n) is 21.9. The number of phosphoric acid groups is 1. The molecule has 0 bridgehead atoms. The molecule has 4 aromatic rings. The third-order valence-corrected chi connectivity index (χ3v) is 11.6. The second-order valence-corrected chi connectivity index (χ2v) is 17.4. The number of aliphatic carboxylic acids is 4. The average Bonchev–Trinajstić information content (AvgIpc) is 3.31. The van der Waals surface area contributed by atoms with Crippen molar-refractivity contribution in [3.05, 3.63) is 71.3 Å². The van der Waals surface area contributed by atoms with Crippen LogP contribution in [-0.4, -0.2) is 138 Å². The van der Waals surface area contributed by atoms with Gasteiger partial charge in [-0.05, 0) is 54.8 Å². The second kappa shape index (κ2) is 27.7. The highest BCUT2D eigenvalue weighted by Gasteiger charge is 2.23. The van der Waals surface area contributed by atoms with Crippen LogP contribution in [0.1, 0.15) is 48.5 Å². The lowest BCUT2D eigenvalue weighted by molar-refractivity contribution is -0.313. The van der Waals surface area contributed by atoms with Gasteiger partial charge in [0.2, 0.25) is 0 Å². The molecule has 0 radical (unpaired) electrons. The molecule has 2 aromatic heterocycles. The molecule has 0 saturated carbocycles. The van der Waals surface area contributed by atoms with Crippen molar-refractivity contribution < 1.29 is 86.5 Å². The first-order valence-corrected chi connectivity index (χ1v) is 23.4. The summed E-state index contributed by atoms with van der Waals surface area (Å²) in [7, 11) is 5.36. The Balaban J connectivity index is 1.92. The van der Waals surface area contributed by atoms with Gasteiger partial charge in [-0.1, -0.05) is 12.8 Å². The predicted molar refractivity (Wildman–Crippen MR) is 242 cm³/mol. The number of carbonyl (C=O) groups is 4. The van der Waals surface area contributed by atoms with Crippen LogP contribution in [0, 0.1) is 0 Å². The first kappa shape index (κ1) is 57.0. The molecule has 1 atom stereocenters. The van der Waals surface area contributed by atoms with E-state index in [2.05, 4.69) is 4.52 Å². The Bertz CT molecular complexity index is 2280. The summed E-state index contributed by atoms with van der Waals surface area (Å²) >= 11 is 0. The van der Waals surface area contributed by atoms with Gasteiger partial charge in [0, 0.05) is 83.7 Å². The van der Waals surface area contributed by atoms with E-state index in [9.17, 15) is 49.1 Å². The highest BCUT2D eigenvalue weighted by molar-refractivity contribution is 7.45. The lowest BCUT2D eigenvalue weighted by atomic mass is 10.0. The molecular formula is C47H57N5O18P-5. The largest absolute Gasteiger partial charge is 0.756 e. The topological polar surface area (TPSA) is 310 Å². The van der Waals surface area contributed by atoms with Crippen LogP contribution in [0.25, 0.3) is 22.3 Å². The number of aromatic nitrogens is 2. The molecule has 1 unspecified atom stereocenters. The second-order valence-electron chi connectivity index (χ2n) is 15.9. The molecule has 0 amide bonds. The summed E-state index contributed by atoms with van der Waals surface area (Å²) in [5.74, 6) is -3.89. The van der Waals surface area contributed by atoms with Crippen LogP contribution in [0.3, 0.4) is 0 Å². The molecule has 4 rings (SSSR count). The highest BCUT2D eigenvalue weighted by Crippen LogP contribution is 2.44. The first-order chi connectivity index (χ1) is 33.8. The maximum absolute atomic E-state index is 11.8. The fourth-order valence-corrected chi connectivity index (χ4v) is 8.17. The molecule has 24 heteroatoms. The molecule has 2 heterocycles. The molecule has 0 N–H and O–H groups in total. The fraction of sp³-hybridized carbons (Fsp3) is 0.447. The Morgan fingerprint density at radius 3 is 1.10 bits per heavy atom. The molecule has 0 spiro atoms. The zero-order chi connectivity index (χ0) is 52.3. The molecule has 388 valence electrons. The molecule has 0 fully saturated rings. The summed E-state index contributed by atoms with van der Waals surface area (Å²) in [6.45, 7) is -3.10. The van der Waals surface area contributed by atoms with Crippen molar-refractivity contribution >= 4 is 31.7 Å². The Morgan fingerprint density at radius 1 is 0.479 bits per heavy atom. The van der Waals surface area contributed by atoms with Crippen molar-refractivity contribution in [3.63, 3.8) is 0 Å². The van der Waals surface area contributed by atoms with Crippen LogP contribution in [0.5, 0.6) is 34.5 Å². The van der Waals surface area contributed by atoms with Crippen LogP contribution in [-0.2, 0) is 59.0 Å². The van der Waals surface area contributed by atoms with E-state index in [4.69, 9.17) is 42.9 Å². The molecule has 23 nitrogen and oxygen atoms in total. The minimum absolute atomic E-state index is 0.0802. The predicted octanol–water partition coefficient (Wildman–Crippen LogP) is -0.840. The van der Waals surface area contributed by atoms with Gasteiger partial charge in [-0.25, -0.2) is 0 Å². The minimum atomic E-state index is -4.41. The SMILES string of the molecule is COc1cc(OC)c(-c2cc(CN(CC(=O)[O-])CC(=O)[O-])nc(CN(CCCCCCOP(=O)([O-])OC)Cc3cc(-c4c(OC)cc(OC)cc4OC)cc(CN(CC(=O)[O-])CC(=O)[O-])n3)c2)c(OC)c1. The van der Waals surface area contributed by atoms with Crippen molar-refractivity contribution in [2.45, 2.75) is 51.9 Å². The molecule has 0 aliphatic rings. The number of carboxylic acid groups (broad SMARTS) is 4. The maximum Gasteiger partial charge on any atom is 0.267 e. The highest BCUT2D eigenvalue weighted by atomic mass is 31.2. The number of nitrogens with zero attached hydrogens (tertiary/aromatic N) is 5. The quantitative estimate of drug-likeness (QED) is 0.0415. The fourth-order valence-electron chi connectivity index (χ4n) is 7.71. The van der Waals surface area contributed by atoms with E-state index in [0.29, 0.717) is 100 Å². The van der Waals surface area contributed by atoms with Crippen LogP contribution < -0.4 is 53.7 Å². The molecule has 0 aliphatic carbocycles. The lowest BCUT2D eigenvalue weighted by Gasteiger charge is -2.26. The van der Waals surface area contributed by atoms with Gasteiger partial charge in [0.25, 0.3) is 7.82 Å². The summed E-state index contributed by atoms with van der Waals surface area (Å²) in [5.41, 5.74) is 3.29. The van der Waals surface area contributed by atoms with Gasteiger partial charge in [0.05, 0.1) is 107 Å². The van der Waals surface area contributed by atoms with Gasteiger partial charge in [-0.2, -0.15) is 0 Å². The van der Waals surface area contributed by atoms with E-state index in [1.165, 1.54) is 42.7 Å². The molecule has 0 aliphatic heterocycles. The van der Waals surface area contributed by atoms with Crippen molar-refractivity contribution in [2.75, 3.05) is 89.1 Å². The van der Waals surface area contributed by atoms with Crippen molar-refractivity contribution in [1.82, 2.24) is 24.7 Å². The van der Waals surface area contributed by atoms with E-state index in [0.717, 1.165) is 16.9 Å². The number of ether oxygens (including phenoxy) is 6. The minimum Gasteiger partial charge on any atom is -0.756 e. The summed E-state index contributed by atoms with van der Waals surface area (Å²) in [6, 6.07) is 13.4. The number of hydrogen-bond donors (Lipinski definition) is 0. The Kier molecular flexibility index (Phi) is 22.2. The standard InChI is InChI=1S/C47H62N5O18P/c1-63-36-18-38(65-3)46(39(19-36)66-4)30-14-32(48-34(16-30)24-51(26-42(53)54)27-43(55)56)22-50(12-10-8-9-11-13-70-71(61,62)69-7)23-33-15-31(47-40(67-5)20-37(64-2)21-41(47)68-6)17-35(49-33)25-52(28-44(57)58)29-45(59)60/h14-21H,8-13,22-29H2,1-7H3,(H,53,54)(H,55,56)(H,57,58)(H,59,60)(H,61,62)/p-5. The van der Waals surface area contributed by atoms with E-state index >= 15 is 0 Å². The van der Waals surface area contributed by atoms with Crippen molar-refractivity contribution in [3.8, 4) is 56.8 Å². The number of methoxy groups -OCH3 is 6. The third kappa shape index (κ3) is 18.0. The molecular weight excluding hydrogens is 954 g/mol. The number of unbranched alkanes of at least 4 members (excludes halogenated alkanes) is 3. The zero-order valence-electron chi connectivity index (χ0n) is 40.6. The molecule has 71 heavy (non-hydrogen) atoms. The number of phosphoric ester groups is 1. The molecule has 0 saturated heterocycles. The van der Waals surface area contributed by atoms with E-state index in [1.54, 1.807) is 48.5 Å². The number of pyridine rings is 2. The number of carboxylic acids is 4.